The second-order valence-electron chi connectivity index (χ2n) is 9.13. The molecule has 2 aliphatic rings. The number of nitrogens with zero attached hydrogens (tertiary/aromatic N) is 5. The van der Waals surface area contributed by atoms with Gasteiger partial charge in [-0.25, -0.2) is 14.6 Å². The van der Waals surface area contributed by atoms with E-state index in [0.29, 0.717) is 36.0 Å². The number of carboxylic acids is 2. The van der Waals surface area contributed by atoms with E-state index in [1.54, 1.807) is 18.3 Å². The summed E-state index contributed by atoms with van der Waals surface area (Å²) >= 11 is 0. The first-order valence-corrected chi connectivity index (χ1v) is 11.9. The smallest absolute Gasteiger partial charge is 0.478 e. The van der Waals surface area contributed by atoms with Crippen LogP contribution in [0.2, 0.25) is 0 Å². The van der Waals surface area contributed by atoms with E-state index in [-0.39, 0.29) is 0 Å². The van der Waals surface area contributed by atoms with Gasteiger partial charge in [-0.15, -0.1) is 0 Å². The first-order valence-electron chi connectivity index (χ1n) is 11.9. The van der Waals surface area contributed by atoms with Gasteiger partial charge in [0.05, 0.1) is 36.3 Å². The molecule has 0 spiro atoms. The van der Waals surface area contributed by atoms with Gasteiger partial charge < -0.3 is 19.7 Å². The molecule has 226 valence electrons. The first-order chi connectivity index (χ1) is 19.0. The number of aliphatic carboxylic acids is 2. The highest BCUT2D eigenvalue weighted by Gasteiger charge is 2.43. The van der Waals surface area contributed by atoms with Gasteiger partial charge in [0.2, 0.25) is 5.88 Å². The second-order valence-corrected chi connectivity index (χ2v) is 9.13. The first kappa shape index (κ1) is 33.3. The molecule has 2 aromatic rings. The van der Waals surface area contributed by atoms with Gasteiger partial charge in [-0.2, -0.15) is 36.7 Å². The largest absolute Gasteiger partial charge is 0.490 e. The predicted octanol–water partition coefficient (Wildman–Crippen LogP) is 3.18. The third-order valence-electron chi connectivity index (χ3n) is 6.09. The summed E-state index contributed by atoms with van der Waals surface area (Å²) in [4.78, 5) is 24.4. The number of carboxylic acid groups (broad SMARTS) is 2. The van der Waals surface area contributed by atoms with E-state index in [1.807, 2.05) is 18.7 Å². The molecule has 0 aliphatic carbocycles. The third kappa shape index (κ3) is 10.5. The number of carbonyl (C=O) groups is 2. The molecule has 2 aliphatic heterocycles. The summed E-state index contributed by atoms with van der Waals surface area (Å²) in [6.07, 6.45) is -7.34. The molecular weight excluding hydrogens is 568 g/mol. The Morgan fingerprint density at radius 2 is 1.76 bits per heavy atom. The summed E-state index contributed by atoms with van der Waals surface area (Å²) in [7, 11) is 2.01. The second kappa shape index (κ2) is 14.1. The topological polar surface area (TPSA) is 151 Å². The standard InChI is InChI=1S/C20H25N5O2.2C2HF3O2/c1-14-7-17(24(2)23-14)10-25-11-18-16(13-27-19(18)12-25)5-6-26-20-4-3-15(8-21)9-22-20;2*3-2(4,5)1(6)7/h3-4,7,9,16,18-19H,5-6,10-13H2,1-2H3;2*(H,6,7)/t16-,18-,19-;;/m0../s1. The Bertz CT molecular complexity index is 1190. The Morgan fingerprint density at radius 3 is 2.22 bits per heavy atom. The van der Waals surface area contributed by atoms with Crippen molar-refractivity contribution in [1.29, 1.82) is 5.26 Å². The van der Waals surface area contributed by atoms with E-state index in [4.69, 9.17) is 34.5 Å². The molecule has 41 heavy (non-hydrogen) atoms. The minimum Gasteiger partial charge on any atom is -0.478 e. The normalized spacial score (nSPS) is 20.1. The zero-order valence-electron chi connectivity index (χ0n) is 21.8. The van der Waals surface area contributed by atoms with Crippen LogP contribution >= 0.6 is 0 Å². The Balaban J connectivity index is 0.000000349. The predicted molar refractivity (Wildman–Crippen MR) is 126 cm³/mol. The fraction of sp³-hybridized carbons (Fsp3) is 0.542. The zero-order valence-corrected chi connectivity index (χ0v) is 21.8. The van der Waals surface area contributed by atoms with Gasteiger partial charge in [-0.05, 0) is 31.4 Å². The highest BCUT2D eigenvalue weighted by Crippen LogP contribution is 2.36. The number of rotatable bonds is 6. The number of fused-ring (bicyclic) bond motifs is 1. The van der Waals surface area contributed by atoms with Crippen LogP contribution in [0.1, 0.15) is 23.4 Å². The van der Waals surface area contributed by atoms with Gasteiger partial charge in [0, 0.05) is 44.9 Å². The number of hydrogen-bond donors (Lipinski definition) is 2. The average Bonchev–Trinajstić information content (AvgIpc) is 3.53. The summed E-state index contributed by atoms with van der Waals surface area (Å²) in [5.41, 5.74) is 2.86. The van der Waals surface area contributed by atoms with E-state index in [1.165, 1.54) is 5.69 Å². The number of aromatic nitrogens is 3. The van der Waals surface area contributed by atoms with Crippen molar-refractivity contribution in [2.75, 3.05) is 26.3 Å². The van der Waals surface area contributed by atoms with Crippen LogP contribution in [0.15, 0.2) is 24.4 Å². The number of alkyl halides is 6. The van der Waals surface area contributed by atoms with E-state index in [0.717, 1.165) is 38.4 Å². The van der Waals surface area contributed by atoms with E-state index in [9.17, 15) is 26.3 Å². The fourth-order valence-electron chi connectivity index (χ4n) is 4.19. The quantitative estimate of drug-likeness (QED) is 0.477. The Kier molecular flexibility index (Phi) is 11.5. The lowest BCUT2D eigenvalue weighted by atomic mass is 9.91. The Labute approximate surface area is 229 Å². The number of nitriles is 1. The molecule has 0 saturated carbocycles. The minimum absolute atomic E-state index is 0.331. The van der Waals surface area contributed by atoms with Crippen LogP contribution in [0.3, 0.4) is 0 Å². The maximum Gasteiger partial charge on any atom is 0.490 e. The molecule has 17 heteroatoms. The summed E-state index contributed by atoms with van der Waals surface area (Å²) in [6.45, 7) is 6.45. The van der Waals surface area contributed by atoms with Crippen LogP contribution in [0.5, 0.6) is 5.88 Å². The number of likely N-dealkylation sites (tertiary alicyclic amines) is 1. The number of ether oxygens (including phenoxy) is 2. The third-order valence-corrected chi connectivity index (χ3v) is 6.09. The molecule has 2 saturated heterocycles. The van der Waals surface area contributed by atoms with Crippen LogP contribution in [0.25, 0.3) is 0 Å². The average molecular weight is 595 g/mol. The number of aryl methyl sites for hydroxylation is 2. The summed E-state index contributed by atoms with van der Waals surface area (Å²) in [5, 5.41) is 27.5. The van der Waals surface area contributed by atoms with Gasteiger partial charge in [-0.1, -0.05) is 0 Å². The van der Waals surface area contributed by atoms with Crippen molar-refractivity contribution in [3.63, 3.8) is 0 Å². The monoisotopic (exact) mass is 595 g/mol. The zero-order chi connectivity index (χ0) is 31.0. The molecule has 4 heterocycles. The Hall–Kier alpha value is -3.91. The van der Waals surface area contributed by atoms with Crippen LogP contribution in [-0.4, -0.2) is 86.6 Å². The van der Waals surface area contributed by atoms with Crippen molar-refractivity contribution in [2.45, 2.75) is 38.3 Å². The lowest BCUT2D eigenvalue weighted by Gasteiger charge is -2.19. The van der Waals surface area contributed by atoms with Gasteiger partial charge in [0.1, 0.15) is 6.07 Å². The van der Waals surface area contributed by atoms with Gasteiger partial charge >= 0.3 is 24.3 Å². The van der Waals surface area contributed by atoms with Crippen molar-refractivity contribution in [1.82, 2.24) is 19.7 Å². The molecule has 2 aromatic heterocycles. The molecule has 11 nitrogen and oxygen atoms in total. The maximum absolute atomic E-state index is 10.6. The molecule has 0 radical (unpaired) electrons. The van der Waals surface area contributed by atoms with Gasteiger partial charge in [-0.3, -0.25) is 9.58 Å². The molecule has 4 rings (SSSR count). The van der Waals surface area contributed by atoms with Crippen LogP contribution < -0.4 is 4.74 Å². The van der Waals surface area contributed by atoms with E-state index >= 15 is 0 Å². The van der Waals surface area contributed by atoms with E-state index < -0.39 is 24.3 Å². The lowest BCUT2D eigenvalue weighted by molar-refractivity contribution is -0.193. The molecule has 0 amide bonds. The molecule has 2 fully saturated rings. The van der Waals surface area contributed by atoms with Crippen LogP contribution in [-0.2, 0) is 27.9 Å². The highest BCUT2D eigenvalue weighted by molar-refractivity contribution is 5.73. The minimum atomic E-state index is -5.08. The summed E-state index contributed by atoms with van der Waals surface area (Å²) in [5.74, 6) is -3.85. The maximum atomic E-state index is 10.6. The van der Waals surface area contributed by atoms with Gasteiger partial charge in [0.25, 0.3) is 0 Å². The van der Waals surface area contributed by atoms with Crippen molar-refractivity contribution >= 4 is 11.9 Å². The van der Waals surface area contributed by atoms with Crippen LogP contribution in [0, 0.1) is 30.1 Å². The van der Waals surface area contributed by atoms with Gasteiger partial charge in [0.15, 0.2) is 0 Å². The number of pyridine rings is 1. The number of halogens is 6. The number of hydrogen-bond acceptors (Lipinski definition) is 8. The molecular formula is C24H27F6N5O6. The SMILES string of the molecule is Cc1cc(CN2C[C@H]3[C@@H](CCOc4ccc(C#N)cn4)CO[C@H]3C2)n(C)n1.O=C(O)C(F)(F)F.O=C(O)C(F)(F)F. The molecule has 0 aromatic carbocycles. The fourth-order valence-corrected chi connectivity index (χ4v) is 4.19. The summed E-state index contributed by atoms with van der Waals surface area (Å²) in [6, 6.07) is 7.70. The lowest BCUT2D eigenvalue weighted by Crippen LogP contribution is -2.25. The van der Waals surface area contributed by atoms with E-state index in [2.05, 4.69) is 27.1 Å². The van der Waals surface area contributed by atoms with Crippen LogP contribution in [0.4, 0.5) is 26.3 Å². The molecule has 2 N–H and O–H groups in total. The Morgan fingerprint density at radius 1 is 1.15 bits per heavy atom. The van der Waals surface area contributed by atoms with Crippen molar-refractivity contribution in [2.24, 2.45) is 18.9 Å². The molecule has 0 bridgehead atoms. The molecule has 3 atom stereocenters. The van der Waals surface area contributed by atoms with Crippen molar-refractivity contribution in [3.05, 3.63) is 41.3 Å². The summed E-state index contributed by atoms with van der Waals surface area (Å²) < 4.78 is 77.3. The molecule has 0 unspecified atom stereocenters. The van der Waals surface area contributed by atoms with Crippen molar-refractivity contribution in [3.8, 4) is 11.9 Å². The highest BCUT2D eigenvalue weighted by atomic mass is 19.4. The van der Waals surface area contributed by atoms with Crippen molar-refractivity contribution < 1.29 is 55.6 Å².